The molecule has 1 rings (SSSR count). The number of pyridine rings is 1. The summed E-state index contributed by atoms with van der Waals surface area (Å²) in [6.45, 7) is 1.76. The fourth-order valence-electron chi connectivity index (χ4n) is 0.915. The highest BCUT2D eigenvalue weighted by atomic mass is 35.5. The number of rotatable bonds is 2. The lowest BCUT2D eigenvalue weighted by Gasteiger charge is -2.04. The Bertz CT molecular complexity index is 314. The smallest absolute Gasteiger partial charge is 0.157 e. The van der Waals surface area contributed by atoms with Crippen LogP contribution in [0.4, 0.5) is 11.5 Å². The van der Waals surface area contributed by atoms with Crippen molar-refractivity contribution in [3.8, 4) is 0 Å². The van der Waals surface area contributed by atoms with E-state index in [0.717, 1.165) is 0 Å². The van der Waals surface area contributed by atoms with Gasteiger partial charge in [-0.25, -0.2) is 4.98 Å². The van der Waals surface area contributed by atoms with Crippen molar-refractivity contribution in [3.63, 3.8) is 0 Å². The van der Waals surface area contributed by atoms with E-state index in [9.17, 15) is 4.91 Å². The van der Waals surface area contributed by atoms with Crippen LogP contribution in [0.1, 0.15) is 5.56 Å². The minimum Gasteiger partial charge on any atom is -0.371 e. The van der Waals surface area contributed by atoms with Gasteiger partial charge in [0, 0.05) is 7.05 Å². The lowest BCUT2D eigenvalue weighted by Crippen LogP contribution is -1.94. The van der Waals surface area contributed by atoms with Crippen LogP contribution in [0.15, 0.2) is 11.2 Å². The van der Waals surface area contributed by atoms with Gasteiger partial charge in [-0.15, -0.1) is 4.91 Å². The number of hydrogen-bond donors (Lipinski definition) is 1. The lowest BCUT2D eigenvalue weighted by molar-refractivity contribution is 1.23. The van der Waals surface area contributed by atoms with E-state index in [1.165, 1.54) is 0 Å². The summed E-state index contributed by atoms with van der Waals surface area (Å²) in [4.78, 5) is 14.2. The van der Waals surface area contributed by atoms with E-state index >= 15 is 0 Å². The second-order valence-corrected chi connectivity index (χ2v) is 2.69. The van der Waals surface area contributed by atoms with Gasteiger partial charge in [0.05, 0.1) is 0 Å². The first-order valence-electron chi connectivity index (χ1n) is 3.37. The maximum absolute atomic E-state index is 10.3. The molecule has 0 aliphatic rings. The van der Waals surface area contributed by atoms with Crippen molar-refractivity contribution in [2.45, 2.75) is 6.92 Å². The van der Waals surface area contributed by atoms with Gasteiger partial charge in [0.2, 0.25) is 0 Å². The molecule has 1 aromatic rings. The summed E-state index contributed by atoms with van der Waals surface area (Å²) in [7, 11) is 1.66. The molecule has 0 aliphatic carbocycles. The summed E-state index contributed by atoms with van der Waals surface area (Å²) in [5, 5.41) is 5.94. The first kappa shape index (κ1) is 8.93. The molecule has 4 nitrogen and oxygen atoms in total. The van der Waals surface area contributed by atoms with Crippen LogP contribution >= 0.6 is 11.6 Å². The van der Waals surface area contributed by atoms with Gasteiger partial charge in [-0.1, -0.05) is 11.6 Å². The van der Waals surface area contributed by atoms with E-state index in [1.807, 2.05) is 0 Å². The van der Waals surface area contributed by atoms with Crippen molar-refractivity contribution in [2.24, 2.45) is 5.18 Å². The normalized spacial score (nSPS) is 9.58. The van der Waals surface area contributed by atoms with Gasteiger partial charge in [-0.3, -0.25) is 0 Å². The monoisotopic (exact) mass is 185 g/mol. The van der Waals surface area contributed by atoms with Crippen LogP contribution in [0, 0.1) is 11.8 Å². The van der Waals surface area contributed by atoms with E-state index in [-0.39, 0.29) is 0 Å². The number of nitroso groups, excluding NO2 is 1. The average molecular weight is 186 g/mol. The maximum atomic E-state index is 10.3. The minimum absolute atomic E-state index is 0.307. The summed E-state index contributed by atoms with van der Waals surface area (Å²) in [6, 6.07) is 1.60. The van der Waals surface area contributed by atoms with E-state index < -0.39 is 0 Å². The molecule has 0 saturated carbocycles. The van der Waals surface area contributed by atoms with Crippen molar-refractivity contribution in [1.29, 1.82) is 0 Å². The Morgan fingerprint density at radius 1 is 1.67 bits per heavy atom. The van der Waals surface area contributed by atoms with E-state index in [2.05, 4.69) is 15.5 Å². The molecule has 0 saturated heterocycles. The largest absolute Gasteiger partial charge is 0.371 e. The summed E-state index contributed by atoms with van der Waals surface area (Å²) < 4.78 is 0. The first-order chi connectivity index (χ1) is 5.69. The molecule has 5 heteroatoms. The van der Waals surface area contributed by atoms with Gasteiger partial charge in [-0.05, 0) is 23.7 Å². The quantitative estimate of drug-likeness (QED) is 0.569. The van der Waals surface area contributed by atoms with Crippen LogP contribution in [-0.4, -0.2) is 12.0 Å². The Morgan fingerprint density at radius 2 is 2.33 bits per heavy atom. The van der Waals surface area contributed by atoms with Crippen LogP contribution in [0.2, 0.25) is 5.15 Å². The third-order valence-electron chi connectivity index (χ3n) is 1.48. The molecule has 0 atom stereocenters. The summed E-state index contributed by atoms with van der Waals surface area (Å²) in [5.41, 5.74) is 1.02. The highest BCUT2D eigenvalue weighted by Crippen LogP contribution is 2.28. The van der Waals surface area contributed by atoms with Gasteiger partial charge in [0.15, 0.2) is 11.5 Å². The number of nitrogens with one attached hydrogen (secondary N) is 1. The predicted octanol–water partition coefficient (Wildman–Crippen LogP) is 2.48. The highest BCUT2D eigenvalue weighted by molar-refractivity contribution is 6.29. The van der Waals surface area contributed by atoms with Crippen LogP contribution in [0.25, 0.3) is 0 Å². The number of anilines is 1. The fraction of sp³-hybridized carbons (Fsp3) is 0.286. The molecule has 0 radical (unpaired) electrons. The summed E-state index contributed by atoms with van der Waals surface area (Å²) in [6.07, 6.45) is 0. The Kier molecular flexibility index (Phi) is 2.60. The topological polar surface area (TPSA) is 54.4 Å². The van der Waals surface area contributed by atoms with E-state index in [0.29, 0.717) is 22.2 Å². The van der Waals surface area contributed by atoms with Gasteiger partial charge >= 0.3 is 0 Å². The van der Waals surface area contributed by atoms with Crippen LogP contribution in [-0.2, 0) is 0 Å². The van der Waals surface area contributed by atoms with Crippen molar-refractivity contribution in [1.82, 2.24) is 4.98 Å². The summed E-state index contributed by atoms with van der Waals surface area (Å²) >= 11 is 5.66. The zero-order chi connectivity index (χ0) is 9.14. The van der Waals surface area contributed by atoms with Crippen molar-refractivity contribution < 1.29 is 0 Å². The van der Waals surface area contributed by atoms with Gasteiger partial charge in [0.1, 0.15) is 5.15 Å². The summed E-state index contributed by atoms with van der Waals surface area (Å²) in [5.74, 6) is 0.412. The van der Waals surface area contributed by atoms with Crippen molar-refractivity contribution in [3.05, 3.63) is 21.7 Å². The number of hydrogen-bond acceptors (Lipinski definition) is 4. The third kappa shape index (κ3) is 1.53. The van der Waals surface area contributed by atoms with Crippen molar-refractivity contribution in [2.75, 3.05) is 12.4 Å². The standard InChI is InChI=1S/C7H8ClN3O/c1-4-3-5(8)10-7(9-2)6(4)11-12/h3H,1-2H3,(H,9,10). The second kappa shape index (κ2) is 3.49. The molecule has 0 aliphatic heterocycles. The molecule has 0 fully saturated rings. The van der Waals surface area contributed by atoms with Crippen LogP contribution < -0.4 is 5.32 Å². The van der Waals surface area contributed by atoms with Crippen LogP contribution in [0.3, 0.4) is 0 Å². The first-order valence-corrected chi connectivity index (χ1v) is 3.75. The number of nitrogens with zero attached hydrogens (tertiary/aromatic N) is 2. The third-order valence-corrected chi connectivity index (χ3v) is 1.67. The Morgan fingerprint density at radius 3 is 2.83 bits per heavy atom. The molecule has 64 valence electrons. The number of aromatic nitrogens is 1. The molecular formula is C7H8ClN3O. The molecule has 0 unspecified atom stereocenters. The van der Waals surface area contributed by atoms with E-state index in [1.54, 1.807) is 20.0 Å². The minimum atomic E-state index is 0.307. The van der Waals surface area contributed by atoms with Crippen molar-refractivity contribution >= 4 is 23.1 Å². The highest BCUT2D eigenvalue weighted by Gasteiger charge is 2.07. The van der Waals surface area contributed by atoms with E-state index in [4.69, 9.17) is 11.6 Å². The molecule has 1 aromatic heterocycles. The average Bonchev–Trinajstić information content (AvgIpc) is 2.03. The molecule has 0 bridgehead atoms. The molecule has 12 heavy (non-hydrogen) atoms. The SMILES string of the molecule is CNc1nc(Cl)cc(C)c1N=O. The molecular weight excluding hydrogens is 178 g/mol. The fourth-order valence-corrected chi connectivity index (χ4v) is 1.16. The maximum Gasteiger partial charge on any atom is 0.157 e. The number of aryl methyl sites for hydroxylation is 1. The molecule has 1 N–H and O–H groups in total. The zero-order valence-electron chi connectivity index (χ0n) is 6.76. The second-order valence-electron chi connectivity index (χ2n) is 2.30. The molecule has 0 spiro atoms. The zero-order valence-corrected chi connectivity index (χ0v) is 7.51. The predicted molar refractivity (Wildman–Crippen MR) is 49.0 cm³/mol. The molecule has 1 heterocycles. The molecule has 0 amide bonds. The Hall–Kier alpha value is -1.16. The van der Waals surface area contributed by atoms with Gasteiger partial charge in [0.25, 0.3) is 0 Å². The Balaban J connectivity index is 3.33. The molecule has 0 aromatic carbocycles. The van der Waals surface area contributed by atoms with Gasteiger partial charge < -0.3 is 5.32 Å². The number of halogens is 1. The van der Waals surface area contributed by atoms with Gasteiger partial charge in [-0.2, -0.15) is 0 Å². The van der Waals surface area contributed by atoms with Crippen LogP contribution in [0.5, 0.6) is 0 Å². The Labute approximate surface area is 74.9 Å². The lowest BCUT2D eigenvalue weighted by atomic mass is 10.2.